The molecule has 1 aromatic heterocycles. The van der Waals surface area contributed by atoms with Crippen molar-refractivity contribution in [1.82, 2.24) is 14.7 Å². The highest BCUT2D eigenvalue weighted by Gasteiger charge is 2.28. The van der Waals surface area contributed by atoms with Gasteiger partial charge < -0.3 is 9.64 Å². The van der Waals surface area contributed by atoms with E-state index in [1.165, 1.54) is 12.1 Å². The molecule has 32 heavy (non-hydrogen) atoms. The smallest absolute Gasteiger partial charge is 0.160 e. The van der Waals surface area contributed by atoms with E-state index in [2.05, 4.69) is 14.9 Å². The van der Waals surface area contributed by atoms with E-state index >= 15 is 0 Å². The van der Waals surface area contributed by atoms with Crippen molar-refractivity contribution in [2.24, 2.45) is 0 Å². The van der Waals surface area contributed by atoms with E-state index in [0.717, 1.165) is 25.1 Å². The van der Waals surface area contributed by atoms with Gasteiger partial charge >= 0.3 is 0 Å². The lowest BCUT2D eigenvalue weighted by molar-refractivity contribution is -0.116. The Morgan fingerprint density at radius 2 is 1.78 bits per heavy atom. The van der Waals surface area contributed by atoms with Crippen molar-refractivity contribution in [2.45, 2.75) is 13.1 Å². The highest BCUT2D eigenvalue weighted by molar-refractivity contribution is 6.33. The molecule has 3 aromatic rings. The van der Waals surface area contributed by atoms with E-state index in [-0.39, 0.29) is 5.82 Å². The second-order valence-electron chi connectivity index (χ2n) is 7.59. The summed E-state index contributed by atoms with van der Waals surface area (Å²) >= 11 is 12.7. The van der Waals surface area contributed by atoms with Crippen LogP contribution >= 0.6 is 23.2 Å². The van der Waals surface area contributed by atoms with Crippen LogP contribution in [0.3, 0.4) is 0 Å². The summed E-state index contributed by atoms with van der Waals surface area (Å²) < 4.78 is 20.3. The summed E-state index contributed by atoms with van der Waals surface area (Å²) in [4.78, 5) is 16.4. The molecule has 1 saturated heterocycles. The highest BCUT2D eigenvalue weighted by atomic mass is 35.5. The van der Waals surface area contributed by atoms with Crippen molar-refractivity contribution >= 4 is 35.2 Å². The minimum Gasteiger partial charge on any atom is -0.495 e. The number of benzene rings is 2. The predicted molar refractivity (Wildman–Crippen MR) is 124 cm³/mol. The molecule has 0 aliphatic carbocycles. The molecule has 1 unspecified atom stereocenters. The van der Waals surface area contributed by atoms with Gasteiger partial charge in [0.25, 0.3) is 0 Å². The predicted octanol–water partition coefficient (Wildman–Crippen LogP) is 4.83. The lowest BCUT2D eigenvalue weighted by atomic mass is 10.1. The first kappa shape index (κ1) is 22.6. The third-order valence-corrected chi connectivity index (χ3v) is 6.52. The molecule has 168 valence electrons. The largest absolute Gasteiger partial charge is 0.495 e. The van der Waals surface area contributed by atoms with Gasteiger partial charge in [-0.3, -0.25) is 9.69 Å². The van der Waals surface area contributed by atoms with Gasteiger partial charge in [-0.25, -0.2) is 9.07 Å². The zero-order valence-electron chi connectivity index (χ0n) is 17.8. The molecule has 4 rings (SSSR count). The van der Waals surface area contributed by atoms with Crippen molar-refractivity contribution in [3.8, 4) is 17.0 Å². The van der Waals surface area contributed by atoms with E-state index in [9.17, 15) is 9.18 Å². The molecule has 0 spiro atoms. The molecule has 0 saturated carbocycles. The molecule has 6 nitrogen and oxygen atoms in total. The zero-order valence-corrected chi connectivity index (χ0v) is 19.3. The Morgan fingerprint density at radius 1 is 1.09 bits per heavy atom. The van der Waals surface area contributed by atoms with Crippen LogP contribution in [0.1, 0.15) is 11.9 Å². The van der Waals surface area contributed by atoms with Gasteiger partial charge in [0.15, 0.2) is 12.5 Å². The molecule has 1 fully saturated rings. The number of hydrogen-bond acceptors (Lipinski definition) is 5. The van der Waals surface area contributed by atoms with Crippen LogP contribution in [0, 0.1) is 12.7 Å². The quantitative estimate of drug-likeness (QED) is 0.476. The van der Waals surface area contributed by atoms with Gasteiger partial charge in [-0.15, -0.1) is 0 Å². The van der Waals surface area contributed by atoms with E-state index in [4.69, 9.17) is 27.9 Å². The second-order valence-corrected chi connectivity index (χ2v) is 8.38. The van der Waals surface area contributed by atoms with Gasteiger partial charge in [0.1, 0.15) is 17.3 Å². The molecular weight excluding hydrogens is 454 g/mol. The van der Waals surface area contributed by atoms with Gasteiger partial charge in [-0.05, 0) is 43.3 Å². The molecule has 1 aliphatic rings. The molecule has 1 atom stereocenters. The van der Waals surface area contributed by atoms with Gasteiger partial charge in [0.05, 0.1) is 22.8 Å². The van der Waals surface area contributed by atoms with Gasteiger partial charge in [-0.2, -0.15) is 5.10 Å². The molecule has 9 heteroatoms. The van der Waals surface area contributed by atoms with E-state index in [1.807, 2.05) is 25.1 Å². The number of anilines is 1. The molecule has 0 radical (unpaired) electrons. The fourth-order valence-corrected chi connectivity index (χ4v) is 4.36. The normalized spacial score (nSPS) is 15.6. The number of aromatic nitrogens is 2. The lowest BCUT2D eigenvalue weighted by Crippen LogP contribution is -2.49. The van der Waals surface area contributed by atoms with Crippen molar-refractivity contribution < 1.29 is 13.9 Å². The fraction of sp³-hybridized carbons (Fsp3) is 0.304. The number of halogens is 3. The Bertz CT molecular complexity index is 1110. The number of methoxy groups -OCH3 is 1. The summed E-state index contributed by atoms with van der Waals surface area (Å²) in [7, 11) is 1.59. The van der Waals surface area contributed by atoms with E-state index < -0.39 is 6.17 Å². The zero-order chi connectivity index (χ0) is 22.8. The number of nitrogens with zero attached hydrogens (tertiary/aromatic N) is 4. The maximum absolute atomic E-state index is 13.3. The first-order chi connectivity index (χ1) is 15.4. The number of hydrogen-bond donors (Lipinski definition) is 0. The first-order valence-electron chi connectivity index (χ1n) is 10.2. The maximum atomic E-state index is 13.3. The molecule has 2 aromatic carbocycles. The monoisotopic (exact) mass is 476 g/mol. The van der Waals surface area contributed by atoms with Gasteiger partial charge in [-0.1, -0.05) is 23.2 Å². The number of aldehydes is 1. The SMILES string of the molecule is COc1cc(N2CCN(C(C=O)n3nc(-c4ccc(F)cc4)c(Cl)c3C)CC2)ccc1Cl. The fourth-order valence-electron chi connectivity index (χ4n) is 3.94. The van der Waals surface area contributed by atoms with Crippen LogP contribution in [-0.2, 0) is 4.79 Å². The summed E-state index contributed by atoms with van der Waals surface area (Å²) in [5.41, 5.74) is 2.94. The lowest BCUT2D eigenvalue weighted by Gasteiger charge is -2.38. The number of carbonyl (C=O) groups is 1. The Balaban J connectivity index is 1.52. The molecule has 0 bridgehead atoms. The number of piperazine rings is 1. The standard InChI is InChI=1S/C23H23Cl2FN4O2/c1-15-22(25)23(16-3-5-17(26)6-4-16)27-30(15)21(14-31)29-11-9-28(10-12-29)18-7-8-19(24)20(13-18)32-2/h3-8,13-14,21H,9-12H2,1-2H3. The third kappa shape index (κ3) is 4.33. The number of carbonyl (C=O) groups excluding carboxylic acids is 1. The van der Waals surface area contributed by atoms with Crippen molar-refractivity contribution in [3.63, 3.8) is 0 Å². The van der Waals surface area contributed by atoms with Crippen LogP contribution < -0.4 is 9.64 Å². The van der Waals surface area contributed by atoms with Crippen LogP contribution in [0.25, 0.3) is 11.3 Å². The summed E-state index contributed by atoms with van der Waals surface area (Å²) in [5.74, 6) is 0.301. The molecule has 0 amide bonds. The summed E-state index contributed by atoms with van der Waals surface area (Å²) in [6.07, 6.45) is 0.301. The summed E-state index contributed by atoms with van der Waals surface area (Å²) in [6, 6.07) is 11.7. The molecular formula is C23H23Cl2FN4O2. The van der Waals surface area contributed by atoms with Crippen LogP contribution in [0.4, 0.5) is 10.1 Å². The minimum absolute atomic E-state index is 0.331. The number of rotatable bonds is 6. The Labute approximate surface area is 196 Å². The molecule has 2 heterocycles. The van der Waals surface area contributed by atoms with E-state index in [0.29, 0.717) is 45.8 Å². The summed E-state index contributed by atoms with van der Waals surface area (Å²) in [5, 5.41) is 5.63. The number of ether oxygens (including phenoxy) is 1. The maximum Gasteiger partial charge on any atom is 0.160 e. The first-order valence-corrected chi connectivity index (χ1v) is 11.0. The van der Waals surface area contributed by atoms with Crippen LogP contribution in [0.2, 0.25) is 10.0 Å². The van der Waals surface area contributed by atoms with Crippen LogP contribution in [-0.4, -0.2) is 54.3 Å². The highest BCUT2D eigenvalue weighted by Crippen LogP contribution is 2.33. The average molecular weight is 477 g/mol. The van der Waals surface area contributed by atoms with Gasteiger partial charge in [0, 0.05) is 43.5 Å². The van der Waals surface area contributed by atoms with Crippen molar-refractivity contribution in [1.29, 1.82) is 0 Å². The molecule has 1 aliphatic heterocycles. The van der Waals surface area contributed by atoms with Gasteiger partial charge in [0.2, 0.25) is 0 Å². The topological polar surface area (TPSA) is 50.6 Å². The molecule has 0 N–H and O–H groups in total. The van der Waals surface area contributed by atoms with Crippen molar-refractivity contribution in [3.05, 3.63) is 64.0 Å². The van der Waals surface area contributed by atoms with Crippen LogP contribution in [0.5, 0.6) is 5.75 Å². The summed E-state index contributed by atoms with van der Waals surface area (Å²) in [6.45, 7) is 4.62. The third-order valence-electron chi connectivity index (χ3n) is 5.76. The Hall–Kier alpha value is -2.61. The van der Waals surface area contributed by atoms with Crippen LogP contribution in [0.15, 0.2) is 42.5 Å². The van der Waals surface area contributed by atoms with E-state index in [1.54, 1.807) is 23.9 Å². The minimum atomic E-state index is -0.580. The second kappa shape index (κ2) is 9.48. The average Bonchev–Trinajstić information content (AvgIpc) is 3.10. The Morgan fingerprint density at radius 3 is 2.41 bits per heavy atom. The van der Waals surface area contributed by atoms with Crippen molar-refractivity contribution in [2.75, 3.05) is 38.2 Å². The Kier molecular flexibility index (Phi) is 6.69.